The van der Waals surface area contributed by atoms with Gasteiger partial charge in [-0.1, -0.05) is 0 Å². The van der Waals surface area contributed by atoms with Crippen LogP contribution in [0.5, 0.6) is 11.5 Å². The Balaban J connectivity index is 2.23. The second-order valence-electron chi connectivity index (χ2n) is 4.39. The van der Waals surface area contributed by atoms with Crippen molar-refractivity contribution in [3.8, 4) is 11.5 Å². The lowest BCUT2D eigenvalue weighted by Crippen LogP contribution is -2.54. The van der Waals surface area contributed by atoms with E-state index in [1.54, 1.807) is 6.07 Å². The van der Waals surface area contributed by atoms with Gasteiger partial charge in [-0.25, -0.2) is 0 Å². The van der Waals surface area contributed by atoms with Crippen molar-refractivity contribution in [2.75, 3.05) is 0 Å². The van der Waals surface area contributed by atoms with Crippen LogP contribution in [0.1, 0.15) is 17.3 Å². The molecule has 0 fully saturated rings. The number of benzene rings is 1. The Morgan fingerprint density at radius 3 is 2.74 bits per heavy atom. The summed E-state index contributed by atoms with van der Waals surface area (Å²) in [6.45, 7) is 1.40. The summed E-state index contributed by atoms with van der Waals surface area (Å²) in [5.74, 6) is 0.362. The van der Waals surface area contributed by atoms with Gasteiger partial charge in [0.2, 0.25) is 0 Å². The Hall–Kier alpha value is -1.40. The lowest BCUT2D eigenvalue weighted by Gasteiger charge is -2.27. The quantitative estimate of drug-likeness (QED) is 0.409. The van der Waals surface area contributed by atoms with E-state index in [-0.39, 0.29) is 5.56 Å². The number of hydrogen-bond acceptors (Lipinski definition) is 5. The van der Waals surface area contributed by atoms with Gasteiger partial charge in [-0.2, -0.15) is 0 Å². The Kier molecular flexibility index (Phi) is 3.65. The number of aliphatic hydroxyl groups is 1. The predicted molar refractivity (Wildman–Crippen MR) is 70.6 cm³/mol. The maximum absolute atomic E-state index is 12.2. The Morgan fingerprint density at radius 1 is 1.47 bits per heavy atom. The third-order valence-corrected chi connectivity index (χ3v) is 2.61. The highest BCUT2D eigenvalue weighted by molar-refractivity contribution is 6.32. The summed E-state index contributed by atoms with van der Waals surface area (Å²) in [5.41, 5.74) is -1.22. The molecule has 0 spiro atoms. The lowest BCUT2D eigenvalue weighted by atomic mass is 9.73. The molecule has 92 valence electrons. The molecule has 1 aliphatic rings. The molecule has 6 radical (unpaired) electrons. The SMILES string of the molecule is [B]C(O)NC([B])(C)C(=O)c1ccc2c(c1)OC([B])O2. The van der Waals surface area contributed by atoms with E-state index in [0.717, 1.165) is 0 Å². The van der Waals surface area contributed by atoms with Crippen LogP contribution < -0.4 is 14.8 Å². The van der Waals surface area contributed by atoms with Crippen LogP contribution in [0.3, 0.4) is 0 Å². The van der Waals surface area contributed by atoms with Crippen molar-refractivity contribution in [1.82, 2.24) is 5.32 Å². The van der Waals surface area contributed by atoms with Crippen molar-refractivity contribution in [3.05, 3.63) is 23.8 Å². The molecule has 1 aromatic carbocycles. The van der Waals surface area contributed by atoms with Crippen LogP contribution in [0.25, 0.3) is 0 Å². The average Bonchev–Trinajstić information content (AvgIpc) is 2.65. The molecule has 3 unspecified atom stereocenters. The van der Waals surface area contributed by atoms with Gasteiger partial charge >= 0.3 is 0 Å². The van der Waals surface area contributed by atoms with Gasteiger partial charge in [0.1, 0.15) is 15.7 Å². The molecular formula is C11H10B3NO4. The fraction of sp³-hybridized carbons (Fsp3) is 0.364. The lowest BCUT2D eigenvalue weighted by molar-refractivity contribution is 0.0882. The van der Waals surface area contributed by atoms with E-state index in [1.165, 1.54) is 19.1 Å². The van der Waals surface area contributed by atoms with E-state index in [4.69, 9.17) is 38.1 Å². The van der Waals surface area contributed by atoms with E-state index >= 15 is 0 Å². The molecule has 8 heteroatoms. The van der Waals surface area contributed by atoms with Crippen LogP contribution in [0, 0.1) is 0 Å². The molecule has 0 saturated heterocycles. The first-order chi connectivity index (χ1) is 8.79. The molecule has 2 N–H and O–H groups in total. The maximum Gasteiger partial charge on any atom is 0.189 e. The summed E-state index contributed by atoms with van der Waals surface area (Å²) in [6, 6.07) is 4.56. The molecule has 1 aromatic rings. The molecule has 0 aromatic heterocycles. The molecule has 19 heavy (non-hydrogen) atoms. The Labute approximate surface area is 114 Å². The van der Waals surface area contributed by atoms with E-state index < -0.39 is 23.5 Å². The highest BCUT2D eigenvalue weighted by Crippen LogP contribution is 2.35. The Morgan fingerprint density at radius 2 is 2.11 bits per heavy atom. The minimum atomic E-state index is -1.51. The number of ketones is 1. The number of ether oxygens (including phenoxy) is 2. The number of nitrogens with one attached hydrogen (secondary N) is 1. The minimum Gasteiger partial charge on any atom is -0.461 e. The summed E-state index contributed by atoms with van der Waals surface area (Å²) in [4.78, 5) is 12.2. The normalized spacial score (nSPS) is 21.7. The first kappa shape index (κ1) is 14.0. The van der Waals surface area contributed by atoms with Gasteiger partial charge in [0.15, 0.2) is 31.3 Å². The number of carbonyl (C=O) groups is 1. The number of aliphatic hydroxyl groups excluding tert-OH is 1. The summed E-state index contributed by atoms with van der Waals surface area (Å²) in [5, 5.41) is 11.4. The standard InChI is InChI=1S/C11H10B3NO4/c1-11(14,15-9(12)17)8(16)5-2-3-6-7(4-5)19-10(13)18-6/h2-4,9-10,15,17H,1H3. The molecule has 1 heterocycles. The fourth-order valence-electron chi connectivity index (χ4n) is 1.79. The summed E-state index contributed by atoms with van der Waals surface area (Å²) in [6.07, 6.45) is -2.28. The number of carbonyl (C=O) groups excluding carboxylic acids is 1. The van der Waals surface area contributed by atoms with Crippen LogP contribution in [0.4, 0.5) is 0 Å². The number of hydrogen-bond donors (Lipinski definition) is 2. The molecule has 0 bridgehead atoms. The van der Waals surface area contributed by atoms with Crippen molar-refractivity contribution in [3.63, 3.8) is 0 Å². The number of rotatable bonds is 4. The highest BCUT2D eigenvalue weighted by Gasteiger charge is 2.30. The zero-order valence-electron chi connectivity index (χ0n) is 10.3. The molecular weight excluding hydrogens is 243 g/mol. The monoisotopic (exact) mass is 253 g/mol. The van der Waals surface area contributed by atoms with Crippen LogP contribution in [0.15, 0.2) is 18.2 Å². The van der Waals surface area contributed by atoms with Gasteiger partial charge < -0.3 is 14.6 Å². The first-order valence-electron chi connectivity index (χ1n) is 5.57. The molecule has 5 nitrogen and oxygen atoms in total. The number of fused-ring (bicyclic) bond motifs is 1. The molecule has 0 aliphatic carbocycles. The third-order valence-electron chi connectivity index (χ3n) is 2.61. The summed E-state index contributed by atoms with van der Waals surface area (Å²) < 4.78 is 10.3. The van der Waals surface area contributed by atoms with Crippen LogP contribution >= 0.6 is 0 Å². The van der Waals surface area contributed by atoms with Gasteiger partial charge in [-0.3, -0.25) is 10.1 Å². The van der Waals surface area contributed by atoms with Gasteiger partial charge in [0.05, 0.1) is 6.13 Å². The van der Waals surface area contributed by atoms with Crippen LogP contribution in [-0.2, 0) is 0 Å². The zero-order chi connectivity index (χ0) is 14.2. The van der Waals surface area contributed by atoms with Crippen molar-refractivity contribution < 1.29 is 19.4 Å². The average molecular weight is 253 g/mol. The van der Waals surface area contributed by atoms with Crippen LogP contribution in [-0.4, -0.2) is 52.2 Å². The van der Waals surface area contributed by atoms with Crippen LogP contribution in [0.2, 0.25) is 0 Å². The first-order valence-corrected chi connectivity index (χ1v) is 5.57. The van der Waals surface area contributed by atoms with E-state index in [2.05, 4.69) is 5.32 Å². The minimum absolute atomic E-state index is 0.287. The largest absolute Gasteiger partial charge is 0.461 e. The maximum atomic E-state index is 12.2. The zero-order valence-corrected chi connectivity index (χ0v) is 10.3. The van der Waals surface area contributed by atoms with E-state index in [9.17, 15) is 4.79 Å². The number of Topliss-reactive ketones (excluding diaryl/α,β-unsaturated/α-hetero) is 1. The van der Waals surface area contributed by atoms with Crippen molar-refractivity contribution in [2.45, 2.75) is 24.7 Å². The molecule has 1 aliphatic heterocycles. The van der Waals surface area contributed by atoms with E-state index in [0.29, 0.717) is 11.5 Å². The fourth-order valence-corrected chi connectivity index (χ4v) is 1.79. The van der Waals surface area contributed by atoms with Gasteiger partial charge in [0, 0.05) is 11.0 Å². The van der Waals surface area contributed by atoms with Crippen molar-refractivity contribution in [2.24, 2.45) is 0 Å². The van der Waals surface area contributed by atoms with Gasteiger partial charge in [0.25, 0.3) is 0 Å². The second-order valence-corrected chi connectivity index (χ2v) is 4.39. The molecule has 0 amide bonds. The smallest absolute Gasteiger partial charge is 0.189 e. The summed E-state index contributed by atoms with van der Waals surface area (Å²) in [7, 11) is 16.4. The summed E-state index contributed by atoms with van der Waals surface area (Å²) >= 11 is 0. The van der Waals surface area contributed by atoms with Crippen molar-refractivity contribution in [1.29, 1.82) is 0 Å². The highest BCUT2D eigenvalue weighted by atomic mass is 16.7. The Bertz CT molecular complexity index is 507. The van der Waals surface area contributed by atoms with Gasteiger partial charge in [-0.05, 0) is 25.1 Å². The topological polar surface area (TPSA) is 67.8 Å². The van der Waals surface area contributed by atoms with E-state index in [1.807, 2.05) is 0 Å². The predicted octanol–water partition coefficient (Wildman–Crippen LogP) is -0.989. The van der Waals surface area contributed by atoms with Crippen molar-refractivity contribution >= 4 is 29.3 Å². The molecule has 0 saturated carbocycles. The van der Waals surface area contributed by atoms with Gasteiger partial charge in [-0.15, -0.1) is 0 Å². The molecule has 3 atom stereocenters. The third kappa shape index (κ3) is 2.96. The second kappa shape index (κ2) is 4.94. The molecule has 2 rings (SSSR count).